The Morgan fingerprint density at radius 1 is 1.32 bits per heavy atom. The standard InChI is InChI=1S/C16H30BN3O5/c1-11(2)8-12(18)13(21)20-9-15(4-3-6-17(24)25)5-7-19-16(15,10-20)14(22)23/h11-12,19,24-25H,3-10,18H2,1-2H3,(H,22,23)/t12-,15+,16+/m0/s1. The van der Waals surface area contributed by atoms with Gasteiger partial charge in [-0.05, 0) is 38.0 Å². The van der Waals surface area contributed by atoms with Gasteiger partial charge in [-0.2, -0.15) is 0 Å². The lowest BCUT2D eigenvalue weighted by Crippen LogP contribution is -2.58. The third-order valence-corrected chi connectivity index (χ3v) is 5.69. The van der Waals surface area contributed by atoms with Crippen LogP contribution in [0, 0.1) is 11.3 Å². The van der Waals surface area contributed by atoms with Gasteiger partial charge in [-0.15, -0.1) is 0 Å². The van der Waals surface area contributed by atoms with E-state index in [9.17, 15) is 14.7 Å². The number of carboxylic acid groups (broad SMARTS) is 1. The van der Waals surface area contributed by atoms with Gasteiger partial charge in [-0.3, -0.25) is 14.9 Å². The number of rotatable bonds is 8. The highest BCUT2D eigenvalue weighted by molar-refractivity contribution is 6.40. The van der Waals surface area contributed by atoms with E-state index in [1.807, 2.05) is 13.8 Å². The molecule has 0 aromatic heterocycles. The van der Waals surface area contributed by atoms with Crippen LogP contribution < -0.4 is 11.1 Å². The summed E-state index contributed by atoms with van der Waals surface area (Å²) in [6.45, 7) is 5.02. The topological polar surface area (TPSA) is 136 Å². The second-order valence-electron chi connectivity index (χ2n) is 7.97. The maximum Gasteiger partial charge on any atom is 0.451 e. The fourth-order valence-corrected chi connectivity index (χ4v) is 4.47. The van der Waals surface area contributed by atoms with Crippen molar-refractivity contribution < 1.29 is 24.7 Å². The predicted octanol–water partition coefficient (Wildman–Crippen LogP) is -0.742. The van der Waals surface area contributed by atoms with E-state index < -0.39 is 30.1 Å². The quantitative estimate of drug-likeness (QED) is 0.362. The summed E-state index contributed by atoms with van der Waals surface area (Å²) in [6.07, 6.45) is 2.41. The van der Waals surface area contributed by atoms with Crippen molar-refractivity contribution in [3.8, 4) is 0 Å². The summed E-state index contributed by atoms with van der Waals surface area (Å²) in [4.78, 5) is 26.4. The first-order valence-electron chi connectivity index (χ1n) is 9.02. The Kier molecular flexibility index (Phi) is 6.14. The van der Waals surface area contributed by atoms with Gasteiger partial charge in [-0.25, -0.2) is 0 Å². The molecule has 2 aliphatic rings. The van der Waals surface area contributed by atoms with E-state index in [0.29, 0.717) is 38.8 Å². The molecule has 2 heterocycles. The number of carbonyl (C=O) groups is 2. The van der Waals surface area contributed by atoms with Crippen molar-refractivity contribution in [2.75, 3.05) is 19.6 Å². The predicted molar refractivity (Wildman–Crippen MR) is 93.7 cm³/mol. The molecular formula is C16H30BN3O5. The number of carboxylic acids is 1. The highest BCUT2D eigenvalue weighted by atomic mass is 16.4. The van der Waals surface area contributed by atoms with Crippen molar-refractivity contribution in [3.63, 3.8) is 0 Å². The van der Waals surface area contributed by atoms with Gasteiger partial charge in [0.2, 0.25) is 5.91 Å². The zero-order valence-corrected chi connectivity index (χ0v) is 15.1. The minimum absolute atomic E-state index is 0.106. The Morgan fingerprint density at radius 3 is 2.56 bits per heavy atom. The van der Waals surface area contributed by atoms with E-state index in [0.717, 1.165) is 0 Å². The van der Waals surface area contributed by atoms with Crippen molar-refractivity contribution in [1.29, 1.82) is 0 Å². The maximum atomic E-state index is 12.7. The Labute approximate surface area is 148 Å². The van der Waals surface area contributed by atoms with Gasteiger partial charge in [0.15, 0.2) is 0 Å². The molecule has 3 atom stereocenters. The van der Waals surface area contributed by atoms with E-state index in [1.165, 1.54) is 0 Å². The van der Waals surface area contributed by atoms with Crippen LogP contribution in [0.4, 0.5) is 0 Å². The average Bonchev–Trinajstić information content (AvgIpc) is 2.98. The molecule has 0 aromatic carbocycles. The van der Waals surface area contributed by atoms with E-state index in [1.54, 1.807) is 4.90 Å². The summed E-state index contributed by atoms with van der Waals surface area (Å²) in [5, 5.41) is 31.2. The number of hydrogen-bond donors (Lipinski definition) is 5. The summed E-state index contributed by atoms with van der Waals surface area (Å²) >= 11 is 0. The molecule has 0 radical (unpaired) electrons. The van der Waals surface area contributed by atoms with Gasteiger partial charge in [0.1, 0.15) is 5.54 Å². The molecule has 0 unspecified atom stereocenters. The molecule has 2 aliphatic heterocycles. The maximum absolute atomic E-state index is 12.7. The number of likely N-dealkylation sites (tertiary alicyclic amines) is 1. The Bertz CT molecular complexity index is 518. The van der Waals surface area contributed by atoms with Crippen LogP contribution in [0.25, 0.3) is 0 Å². The molecule has 142 valence electrons. The molecule has 0 spiro atoms. The lowest BCUT2D eigenvalue weighted by Gasteiger charge is -2.35. The molecular weight excluding hydrogens is 325 g/mol. The molecule has 6 N–H and O–H groups in total. The van der Waals surface area contributed by atoms with Crippen molar-refractivity contribution in [3.05, 3.63) is 0 Å². The zero-order chi connectivity index (χ0) is 18.8. The molecule has 8 nitrogen and oxygen atoms in total. The number of amides is 1. The summed E-state index contributed by atoms with van der Waals surface area (Å²) < 4.78 is 0. The Balaban J connectivity index is 2.18. The van der Waals surface area contributed by atoms with Gasteiger partial charge < -0.3 is 25.8 Å². The van der Waals surface area contributed by atoms with Gasteiger partial charge >= 0.3 is 13.1 Å². The van der Waals surface area contributed by atoms with Crippen LogP contribution in [0.2, 0.25) is 6.32 Å². The molecule has 2 fully saturated rings. The third-order valence-electron chi connectivity index (χ3n) is 5.69. The molecule has 25 heavy (non-hydrogen) atoms. The molecule has 1 amide bonds. The lowest BCUT2D eigenvalue weighted by atomic mass is 9.68. The van der Waals surface area contributed by atoms with Crippen LogP contribution in [0.1, 0.15) is 39.5 Å². The zero-order valence-electron chi connectivity index (χ0n) is 15.1. The van der Waals surface area contributed by atoms with Crippen molar-refractivity contribution in [1.82, 2.24) is 10.2 Å². The summed E-state index contributed by atoms with van der Waals surface area (Å²) in [5.41, 5.74) is 4.25. The minimum atomic E-state index is -1.40. The van der Waals surface area contributed by atoms with Gasteiger partial charge in [0.05, 0.1) is 12.6 Å². The smallest absolute Gasteiger partial charge is 0.451 e. The monoisotopic (exact) mass is 355 g/mol. The molecule has 0 saturated carbocycles. The number of nitrogens with zero attached hydrogens (tertiary/aromatic N) is 1. The van der Waals surface area contributed by atoms with Crippen LogP contribution in [-0.4, -0.2) is 70.3 Å². The lowest BCUT2D eigenvalue weighted by molar-refractivity contribution is -0.147. The van der Waals surface area contributed by atoms with Crippen molar-refractivity contribution in [2.24, 2.45) is 17.1 Å². The SMILES string of the molecule is CC(C)C[C@H](N)C(=O)N1C[C@@]2(CCCB(O)O)CCN[C@@]2(C(=O)O)C1. The van der Waals surface area contributed by atoms with Gasteiger partial charge in [0.25, 0.3) is 0 Å². The van der Waals surface area contributed by atoms with E-state index in [-0.39, 0.29) is 24.7 Å². The third kappa shape index (κ3) is 3.84. The number of nitrogens with one attached hydrogen (secondary N) is 1. The number of carbonyl (C=O) groups excluding carboxylic acids is 1. The first-order chi connectivity index (χ1) is 11.6. The Morgan fingerprint density at radius 2 is 2.00 bits per heavy atom. The number of aliphatic carboxylic acids is 1. The summed E-state index contributed by atoms with van der Waals surface area (Å²) in [6, 6.07) is -0.624. The van der Waals surface area contributed by atoms with Crippen molar-refractivity contribution >= 4 is 19.0 Å². The number of fused-ring (bicyclic) bond motifs is 1. The largest absolute Gasteiger partial charge is 0.480 e. The van der Waals surface area contributed by atoms with E-state index >= 15 is 0 Å². The van der Waals surface area contributed by atoms with Crippen LogP contribution >= 0.6 is 0 Å². The van der Waals surface area contributed by atoms with Gasteiger partial charge in [-0.1, -0.05) is 20.3 Å². The highest BCUT2D eigenvalue weighted by Crippen LogP contribution is 2.50. The molecule has 0 bridgehead atoms. The molecule has 0 aromatic rings. The first kappa shape index (κ1) is 20.2. The van der Waals surface area contributed by atoms with E-state index in [4.69, 9.17) is 15.8 Å². The molecule has 2 rings (SSSR count). The molecule has 0 aliphatic carbocycles. The van der Waals surface area contributed by atoms with E-state index in [2.05, 4.69) is 5.32 Å². The fourth-order valence-electron chi connectivity index (χ4n) is 4.47. The second kappa shape index (κ2) is 7.61. The minimum Gasteiger partial charge on any atom is -0.480 e. The fraction of sp³-hybridized carbons (Fsp3) is 0.875. The molecule has 2 saturated heterocycles. The summed E-state index contributed by atoms with van der Waals surface area (Å²) in [5.74, 6) is -0.873. The normalized spacial score (nSPS) is 29.8. The highest BCUT2D eigenvalue weighted by Gasteiger charge is 2.65. The molecule has 9 heteroatoms. The van der Waals surface area contributed by atoms with Gasteiger partial charge in [0, 0.05) is 12.0 Å². The summed E-state index contributed by atoms with van der Waals surface area (Å²) in [7, 11) is -1.40. The number of nitrogens with two attached hydrogens (primary N) is 1. The van der Waals surface area contributed by atoms with Crippen LogP contribution in [0.5, 0.6) is 0 Å². The van der Waals surface area contributed by atoms with Crippen LogP contribution in [0.15, 0.2) is 0 Å². The first-order valence-corrected chi connectivity index (χ1v) is 9.02. The Hall–Kier alpha value is -1.16. The average molecular weight is 355 g/mol. The number of hydrogen-bond acceptors (Lipinski definition) is 6. The van der Waals surface area contributed by atoms with Crippen LogP contribution in [0.3, 0.4) is 0 Å². The second-order valence-corrected chi connectivity index (χ2v) is 7.97. The van der Waals surface area contributed by atoms with Crippen LogP contribution in [-0.2, 0) is 9.59 Å². The van der Waals surface area contributed by atoms with Crippen molar-refractivity contribution in [2.45, 2.75) is 57.4 Å².